The Bertz CT molecular complexity index is 195. The quantitative estimate of drug-likeness (QED) is 0.587. The standard InChI is InChI=1S/C13H26N2O/c1-16-13(6-2-7-13)8-11-14-9-3-10-15-12-4-5-12/h12,14-15H,2-11H2,1H3. The van der Waals surface area contributed by atoms with Gasteiger partial charge in [0.05, 0.1) is 5.60 Å². The van der Waals surface area contributed by atoms with Gasteiger partial charge in [-0.1, -0.05) is 0 Å². The van der Waals surface area contributed by atoms with E-state index in [2.05, 4.69) is 10.6 Å². The van der Waals surface area contributed by atoms with Crippen LogP contribution in [0.1, 0.15) is 44.9 Å². The lowest BCUT2D eigenvalue weighted by Gasteiger charge is -2.40. The smallest absolute Gasteiger partial charge is 0.0690 e. The maximum atomic E-state index is 5.59. The Morgan fingerprint density at radius 3 is 2.56 bits per heavy atom. The lowest BCUT2D eigenvalue weighted by Crippen LogP contribution is -2.41. The Morgan fingerprint density at radius 1 is 1.19 bits per heavy atom. The third-order valence-electron chi connectivity index (χ3n) is 4.00. The second-order valence-electron chi connectivity index (χ2n) is 5.32. The van der Waals surface area contributed by atoms with Crippen molar-refractivity contribution in [3.63, 3.8) is 0 Å². The van der Waals surface area contributed by atoms with Crippen molar-refractivity contribution < 1.29 is 4.74 Å². The molecule has 2 N–H and O–H groups in total. The average Bonchev–Trinajstić information content (AvgIpc) is 3.04. The third-order valence-corrected chi connectivity index (χ3v) is 4.00. The Balaban J connectivity index is 1.39. The Hall–Kier alpha value is -0.120. The number of hydrogen-bond donors (Lipinski definition) is 2. The van der Waals surface area contributed by atoms with E-state index in [4.69, 9.17) is 4.74 Å². The van der Waals surface area contributed by atoms with Gasteiger partial charge in [0.1, 0.15) is 0 Å². The first-order valence-corrected chi connectivity index (χ1v) is 6.84. The first-order chi connectivity index (χ1) is 7.85. The largest absolute Gasteiger partial charge is 0.378 e. The molecule has 0 atom stereocenters. The van der Waals surface area contributed by atoms with Gasteiger partial charge in [-0.3, -0.25) is 0 Å². The number of nitrogens with one attached hydrogen (secondary N) is 2. The highest BCUT2D eigenvalue weighted by molar-refractivity contribution is 4.89. The summed E-state index contributed by atoms with van der Waals surface area (Å²) in [5.74, 6) is 0. The van der Waals surface area contributed by atoms with E-state index in [1.807, 2.05) is 7.11 Å². The van der Waals surface area contributed by atoms with Gasteiger partial charge in [0.25, 0.3) is 0 Å². The van der Waals surface area contributed by atoms with E-state index in [1.165, 1.54) is 51.5 Å². The van der Waals surface area contributed by atoms with Crippen molar-refractivity contribution in [2.24, 2.45) is 0 Å². The first kappa shape index (κ1) is 12.3. The summed E-state index contributed by atoms with van der Waals surface area (Å²) in [7, 11) is 1.86. The molecule has 3 nitrogen and oxygen atoms in total. The molecule has 0 aromatic carbocycles. The van der Waals surface area contributed by atoms with E-state index in [0.29, 0.717) is 0 Å². The summed E-state index contributed by atoms with van der Waals surface area (Å²) >= 11 is 0. The number of methoxy groups -OCH3 is 1. The Kier molecular flexibility index (Phi) is 4.62. The molecule has 0 bridgehead atoms. The highest BCUT2D eigenvalue weighted by atomic mass is 16.5. The van der Waals surface area contributed by atoms with Gasteiger partial charge < -0.3 is 15.4 Å². The zero-order valence-electron chi connectivity index (χ0n) is 10.6. The average molecular weight is 226 g/mol. The van der Waals surface area contributed by atoms with E-state index in [0.717, 1.165) is 19.1 Å². The van der Waals surface area contributed by atoms with Crippen LogP contribution in [-0.2, 0) is 4.74 Å². The fraction of sp³-hybridized carbons (Fsp3) is 1.00. The summed E-state index contributed by atoms with van der Waals surface area (Å²) in [6.07, 6.45) is 9.07. The van der Waals surface area contributed by atoms with Crippen molar-refractivity contribution in [1.82, 2.24) is 10.6 Å². The Morgan fingerprint density at radius 2 is 2.00 bits per heavy atom. The summed E-state index contributed by atoms with van der Waals surface area (Å²) in [4.78, 5) is 0. The molecule has 0 aromatic rings. The predicted molar refractivity (Wildman–Crippen MR) is 66.7 cm³/mol. The molecule has 0 amide bonds. The normalized spacial score (nSPS) is 23.1. The van der Waals surface area contributed by atoms with Gasteiger partial charge in [0.15, 0.2) is 0 Å². The highest BCUT2D eigenvalue weighted by Gasteiger charge is 2.35. The monoisotopic (exact) mass is 226 g/mol. The molecular weight excluding hydrogens is 200 g/mol. The highest BCUT2D eigenvalue weighted by Crippen LogP contribution is 2.37. The molecule has 0 aromatic heterocycles. The molecule has 2 aliphatic carbocycles. The molecule has 3 heteroatoms. The number of ether oxygens (including phenoxy) is 1. The fourth-order valence-electron chi connectivity index (χ4n) is 2.38. The molecule has 0 unspecified atom stereocenters. The second-order valence-corrected chi connectivity index (χ2v) is 5.32. The molecule has 2 fully saturated rings. The minimum absolute atomic E-state index is 0.235. The van der Waals surface area contributed by atoms with Gasteiger partial charge in [-0.25, -0.2) is 0 Å². The first-order valence-electron chi connectivity index (χ1n) is 6.84. The van der Waals surface area contributed by atoms with Gasteiger partial charge in [0.2, 0.25) is 0 Å². The van der Waals surface area contributed by atoms with E-state index in [-0.39, 0.29) is 5.60 Å². The molecule has 2 saturated carbocycles. The number of rotatable bonds is 9. The van der Waals surface area contributed by atoms with Crippen LogP contribution in [0.25, 0.3) is 0 Å². The summed E-state index contributed by atoms with van der Waals surface area (Å²) < 4.78 is 5.59. The molecule has 0 spiro atoms. The maximum Gasteiger partial charge on any atom is 0.0690 e. The summed E-state index contributed by atoms with van der Waals surface area (Å²) in [6.45, 7) is 3.42. The van der Waals surface area contributed by atoms with E-state index in [1.54, 1.807) is 0 Å². The lowest BCUT2D eigenvalue weighted by molar-refractivity contribution is -0.0767. The number of hydrogen-bond acceptors (Lipinski definition) is 3. The predicted octanol–water partition coefficient (Wildman–Crippen LogP) is 1.68. The molecule has 0 saturated heterocycles. The molecule has 16 heavy (non-hydrogen) atoms. The molecule has 94 valence electrons. The summed E-state index contributed by atoms with van der Waals surface area (Å²) in [5, 5.41) is 7.05. The van der Waals surface area contributed by atoms with Crippen molar-refractivity contribution in [2.75, 3.05) is 26.7 Å². The molecule has 2 aliphatic rings. The maximum absolute atomic E-state index is 5.59. The SMILES string of the molecule is COC1(CCNCCCNC2CC2)CCC1. The zero-order valence-corrected chi connectivity index (χ0v) is 10.6. The summed E-state index contributed by atoms with van der Waals surface area (Å²) in [6, 6.07) is 0.853. The summed E-state index contributed by atoms with van der Waals surface area (Å²) in [5.41, 5.74) is 0.235. The van der Waals surface area contributed by atoms with Crippen LogP contribution in [0.5, 0.6) is 0 Å². The van der Waals surface area contributed by atoms with Crippen molar-refractivity contribution >= 4 is 0 Å². The minimum Gasteiger partial charge on any atom is -0.378 e. The topological polar surface area (TPSA) is 33.3 Å². The van der Waals surface area contributed by atoms with Crippen LogP contribution in [-0.4, -0.2) is 38.4 Å². The van der Waals surface area contributed by atoms with Crippen LogP contribution in [0.3, 0.4) is 0 Å². The van der Waals surface area contributed by atoms with Crippen LogP contribution in [0, 0.1) is 0 Å². The van der Waals surface area contributed by atoms with E-state index < -0.39 is 0 Å². The van der Waals surface area contributed by atoms with Crippen LogP contribution >= 0.6 is 0 Å². The van der Waals surface area contributed by atoms with Crippen molar-refractivity contribution in [3.8, 4) is 0 Å². The molecule has 0 aliphatic heterocycles. The van der Waals surface area contributed by atoms with E-state index in [9.17, 15) is 0 Å². The zero-order chi connectivity index (χ0) is 11.3. The minimum atomic E-state index is 0.235. The Labute approximate surface area is 99.3 Å². The lowest BCUT2D eigenvalue weighted by atomic mass is 9.77. The third kappa shape index (κ3) is 3.72. The van der Waals surface area contributed by atoms with Crippen LogP contribution < -0.4 is 10.6 Å². The van der Waals surface area contributed by atoms with Crippen LogP contribution in [0.2, 0.25) is 0 Å². The van der Waals surface area contributed by atoms with Crippen molar-refractivity contribution in [2.45, 2.75) is 56.6 Å². The van der Waals surface area contributed by atoms with Gasteiger partial charge in [0, 0.05) is 13.2 Å². The molecule has 0 radical (unpaired) electrons. The van der Waals surface area contributed by atoms with Crippen LogP contribution in [0.4, 0.5) is 0 Å². The van der Waals surface area contributed by atoms with E-state index >= 15 is 0 Å². The van der Waals surface area contributed by atoms with Crippen molar-refractivity contribution in [1.29, 1.82) is 0 Å². The second kappa shape index (κ2) is 5.99. The van der Waals surface area contributed by atoms with Crippen LogP contribution in [0.15, 0.2) is 0 Å². The fourth-order valence-corrected chi connectivity index (χ4v) is 2.38. The van der Waals surface area contributed by atoms with Gasteiger partial charge in [-0.05, 0) is 64.6 Å². The van der Waals surface area contributed by atoms with Crippen molar-refractivity contribution in [3.05, 3.63) is 0 Å². The molecular formula is C13H26N2O. The molecule has 2 rings (SSSR count). The van der Waals surface area contributed by atoms with Gasteiger partial charge in [-0.15, -0.1) is 0 Å². The van der Waals surface area contributed by atoms with Gasteiger partial charge >= 0.3 is 0 Å². The molecule has 0 heterocycles. The van der Waals surface area contributed by atoms with Gasteiger partial charge in [-0.2, -0.15) is 0 Å².